The summed E-state index contributed by atoms with van der Waals surface area (Å²) in [5.74, 6) is 0. The van der Waals surface area contributed by atoms with Gasteiger partial charge >= 0.3 is 8.73 Å². The van der Waals surface area contributed by atoms with Crippen molar-refractivity contribution in [1.82, 2.24) is 4.98 Å². The van der Waals surface area contributed by atoms with Gasteiger partial charge in [-0.1, -0.05) is 63.8 Å². The average molecular weight is 341 g/mol. The average Bonchev–Trinajstić information content (AvgIpc) is 2.22. The summed E-state index contributed by atoms with van der Waals surface area (Å²) in [7, 11) is -5.44. The molecule has 0 aliphatic rings. The molecular weight excluding hydrogens is 307 g/mol. The van der Waals surface area contributed by atoms with Crippen LogP contribution >= 0.6 is 0 Å². The highest BCUT2D eigenvalue weighted by Crippen LogP contribution is 2.23. The second-order valence-corrected chi connectivity index (χ2v) is 16.5. The Morgan fingerprint density at radius 1 is 1.00 bits per heavy atom. The lowest BCUT2D eigenvalue weighted by Gasteiger charge is -2.36. The minimum atomic E-state index is -3.69. The van der Waals surface area contributed by atoms with Crippen molar-refractivity contribution in [3.8, 4) is 0 Å². The third-order valence-electron chi connectivity index (χ3n) is 3.57. The van der Waals surface area contributed by atoms with Crippen molar-refractivity contribution in [3.05, 3.63) is 23.8 Å². The van der Waals surface area contributed by atoms with E-state index in [4.69, 9.17) is 5.40 Å². The van der Waals surface area contributed by atoms with Crippen LogP contribution in [0.5, 0.6) is 0 Å². The van der Waals surface area contributed by atoms with Gasteiger partial charge in [-0.15, -0.1) is 0 Å². The third kappa shape index (κ3) is 4.75. The molecule has 3 N–H and O–H groups in total. The number of hydrogen-bond donors (Lipinski definition) is 2. The predicted octanol–water partition coefficient (Wildman–Crippen LogP) is 2.99. The summed E-state index contributed by atoms with van der Waals surface area (Å²) in [6.07, 6.45) is 0. The van der Waals surface area contributed by atoms with Crippen molar-refractivity contribution >= 4 is 27.2 Å². The summed E-state index contributed by atoms with van der Waals surface area (Å²) in [5.41, 5.74) is 0.877. The highest BCUT2D eigenvalue weighted by molar-refractivity contribution is 6.96. The molecule has 1 atom stereocenters. The van der Waals surface area contributed by atoms with Crippen molar-refractivity contribution in [2.75, 3.05) is 0 Å². The zero-order valence-corrected chi connectivity index (χ0v) is 17.7. The van der Waals surface area contributed by atoms with Crippen molar-refractivity contribution in [2.24, 2.45) is 5.40 Å². The fourth-order valence-electron chi connectivity index (χ4n) is 2.90. The number of benzene rings is 1. The normalized spacial score (nSPS) is 16.5. The molecule has 0 heterocycles. The van der Waals surface area contributed by atoms with Gasteiger partial charge in [0.1, 0.15) is 0 Å². The van der Waals surface area contributed by atoms with E-state index in [1.807, 2.05) is 32.9 Å². The summed E-state index contributed by atoms with van der Waals surface area (Å²) in [4.78, 5) is 3.08. The largest absolute Gasteiger partial charge is 0.426 e. The van der Waals surface area contributed by atoms with Gasteiger partial charge in [0.2, 0.25) is 0 Å². The first-order valence-corrected chi connectivity index (χ1v) is 13.4. The van der Waals surface area contributed by atoms with Crippen molar-refractivity contribution in [2.45, 2.75) is 72.1 Å². The Morgan fingerprint density at radius 3 is 1.86 bits per heavy atom. The predicted molar refractivity (Wildman–Crippen MR) is 102 cm³/mol. The zero-order chi connectivity index (χ0) is 17.6. The van der Waals surface area contributed by atoms with Crippen LogP contribution in [0.15, 0.2) is 18.2 Å². The maximum absolute atomic E-state index is 15.5. The van der Waals surface area contributed by atoms with Crippen LogP contribution in [0.2, 0.25) is 19.6 Å². The number of halogens is 1. The van der Waals surface area contributed by atoms with E-state index < -0.39 is 16.8 Å². The molecule has 0 fully saturated rings. The van der Waals surface area contributed by atoms with Crippen molar-refractivity contribution in [1.29, 1.82) is 0 Å². The molecule has 0 saturated heterocycles. The topological polar surface area (TPSA) is 38.0 Å². The lowest BCUT2D eigenvalue weighted by atomic mass is 9.87. The highest BCUT2D eigenvalue weighted by Gasteiger charge is 2.42. The molecule has 0 aromatic heterocycles. The summed E-state index contributed by atoms with van der Waals surface area (Å²) < 4.78 is 15.5. The Balaban J connectivity index is 3.62. The van der Waals surface area contributed by atoms with E-state index in [9.17, 15) is 0 Å². The first-order valence-electron chi connectivity index (χ1n) is 7.97. The third-order valence-corrected chi connectivity index (χ3v) is 8.17. The molecule has 0 aliphatic heterocycles. The van der Waals surface area contributed by atoms with Gasteiger partial charge in [-0.2, -0.15) is 0 Å². The van der Waals surface area contributed by atoms with Gasteiger partial charge in [0.25, 0.3) is 0 Å². The van der Waals surface area contributed by atoms with Crippen LogP contribution in [0, 0.1) is 0 Å². The number of rotatable bonds is 3. The van der Waals surface area contributed by atoms with Crippen LogP contribution in [0.4, 0.5) is 4.11 Å². The van der Waals surface area contributed by atoms with Crippen LogP contribution < -0.4 is 20.8 Å². The van der Waals surface area contributed by atoms with Gasteiger partial charge in [-0.3, -0.25) is 9.09 Å². The van der Waals surface area contributed by atoms with E-state index in [2.05, 4.69) is 51.5 Å². The monoisotopic (exact) mass is 340 g/mol. The second-order valence-electron chi connectivity index (χ2n) is 9.31. The van der Waals surface area contributed by atoms with Gasteiger partial charge in [-0.25, -0.2) is 0 Å². The number of nitrogens with two attached hydrogens (primary N) is 1. The van der Waals surface area contributed by atoms with E-state index in [-0.39, 0.29) is 11.0 Å². The Kier molecular flexibility index (Phi) is 5.20. The van der Waals surface area contributed by atoms with Crippen LogP contribution in [0.1, 0.15) is 47.1 Å². The molecular formula is C17H33FN2Si2. The van der Waals surface area contributed by atoms with E-state index in [0.717, 1.165) is 5.19 Å². The SMILES string of the molecule is CC(C)(C)N[Si](N)(F)c1cccc(C(C)(C)C)c1[Si](C)(C)C. The van der Waals surface area contributed by atoms with E-state index >= 15 is 4.11 Å². The van der Waals surface area contributed by atoms with Crippen LogP contribution in [0.25, 0.3) is 0 Å². The zero-order valence-electron chi connectivity index (χ0n) is 15.7. The number of nitrogens with one attached hydrogen (secondary N) is 1. The van der Waals surface area contributed by atoms with Crippen LogP contribution in [-0.4, -0.2) is 22.3 Å². The second kappa shape index (κ2) is 5.85. The molecule has 126 valence electrons. The molecule has 1 unspecified atom stereocenters. The Morgan fingerprint density at radius 2 is 1.50 bits per heavy atom. The molecule has 0 amide bonds. The molecule has 5 heteroatoms. The molecule has 0 bridgehead atoms. The minimum Gasteiger partial charge on any atom is -0.310 e. The fourth-order valence-corrected chi connectivity index (χ4v) is 8.79. The van der Waals surface area contributed by atoms with Gasteiger partial charge < -0.3 is 5.40 Å². The molecule has 0 spiro atoms. The molecule has 0 radical (unpaired) electrons. The molecule has 1 aromatic carbocycles. The Bertz CT molecular complexity index is 535. The molecule has 2 nitrogen and oxygen atoms in total. The first-order chi connectivity index (χ1) is 9.56. The minimum absolute atomic E-state index is 0.0160. The highest BCUT2D eigenvalue weighted by atomic mass is 28.4. The summed E-state index contributed by atoms with van der Waals surface area (Å²) in [6, 6.07) is 5.99. The Hall–Kier alpha value is -0.496. The molecule has 22 heavy (non-hydrogen) atoms. The first kappa shape index (κ1) is 19.6. The lowest BCUT2D eigenvalue weighted by Crippen LogP contribution is -2.74. The molecule has 0 saturated carbocycles. The number of hydrogen-bond acceptors (Lipinski definition) is 2. The van der Waals surface area contributed by atoms with E-state index in [1.165, 1.54) is 10.8 Å². The quantitative estimate of drug-likeness (QED) is 0.656. The molecule has 1 aromatic rings. The summed E-state index contributed by atoms with van der Waals surface area (Å²) >= 11 is 0. The van der Waals surface area contributed by atoms with Gasteiger partial charge in [-0.05, 0) is 31.7 Å². The fraction of sp³-hybridized carbons (Fsp3) is 0.647. The van der Waals surface area contributed by atoms with E-state index in [0.29, 0.717) is 0 Å². The smallest absolute Gasteiger partial charge is 0.310 e. The van der Waals surface area contributed by atoms with Gasteiger partial charge in [0.05, 0.1) is 8.07 Å². The summed E-state index contributed by atoms with van der Waals surface area (Å²) in [5, 5.41) is 8.14. The maximum Gasteiger partial charge on any atom is 0.426 e. The van der Waals surface area contributed by atoms with Gasteiger partial charge in [0, 0.05) is 10.7 Å². The molecule has 1 rings (SSSR count). The Labute approximate surface area is 138 Å². The summed E-state index contributed by atoms with van der Waals surface area (Å²) in [6.45, 7) is 19.2. The molecule has 0 aliphatic carbocycles. The van der Waals surface area contributed by atoms with Crippen LogP contribution in [-0.2, 0) is 5.41 Å². The van der Waals surface area contributed by atoms with Crippen molar-refractivity contribution in [3.63, 3.8) is 0 Å². The standard InChI is InChI=1S/C17H33FN2Si2/c1-16(2,3)13-11-10-12-14(15(13)21(7,8)9)22(18,19)20-17(4,5)6/h10-12,20H,19H2,1-9H3. The van der Waals surface area contributed by atoms with E-state index in [1.54, 1.807) is 0 Å². The van der Waals surface area contributed by atoms with Gasteiger partial charge in [0.15, 0.2) is 0 Å². The maximum atomic E-state index is 15.5. The van der Waals surface area contributed by atoms with Crippen molar-refractivity contribution < 1.29 is 4.11 Å². The van der Waals surface area contributed by atoms with Crippen LogP contribution in [0.3, 0.4) is 0 Å². The lowest BCUT2D eigenvalue weighted by molar-refractivity contribution is 0.489.